The van der Waals surface area contributed by atoms with E-state index in [1.165, 1.54) is 11.1 Å². The van der Waals surface area contributed by atoms with Crippen LogP contribution in [-0.2, 0) is 17.6 Å². The molecule has 4 atom stereocenters. The van der Waals surface area contributed by atoms with Gasteiger partial charge >= 0.3 is 5.97 Å². The third-order valence-corrected chi connectivity index (χ3v) is 6.72. The van der Waals surface area contributed by atoms with Gasteiger partial charge in [-0.3, -0.25) is 4.79 Å². The molecule has 1 aromatic rings. The minimum Gasteiger partial charge on any atom is -0.481 e. The molecule has 1 aromatic carbocycles. The predicted molar refractivity (Wildman–Crippen MR) is 110 cm³/mol. The average Bonchev–Trinajstić information content (AvgIpc) is 3.26. The number of aliphatic hydroxyl groups excluding tert-OH is 2. The summed E-state index contributed by atoms with van der Waals surface area (Å²) in [4.78, 5) is 10.5. The first-order chi connectivity index (χ1) is 13.5. The summed E-state index contributed by atoms with van der Waals surface area (Å²) in [6, 6.07) is 8.48. The predicted octanol–water partition coefficient (Wildman–Crippen LogP) is 4.13. The largest absolute Gasteiger partial charge is 0.481 e. The quantitative estimate of drug-likeness (QED) is 0.417. The number of aliphatic hydroxyl groups is 2. The Morgan fingerprint density at radius 2 is 1.86 bits per heavy atom. The minimum atomic E-state index is -0.740. The molecule has 0 heterocycles. The van der Waals surface area contributed by atoms with Gasteiger partial charge in [0, 0.05) is 6.42 Å². The van der Waals surface area contributed by atoms with E-state index in [2.05, 4.69) is 36.4 Å². The number of unbranched alkanes of at least 4 members (excludes halogenated alkanes) is 1. The molecule has 2 aliphatic rings. The number of carboxylic acid groups (broad SMARTS) is 1. The highest BCUT2D eigenvalue weighted by molar-refractivity contribution is 5.66. The molecule has 2 aliphatic carbocycles. The van der Waals surface area contributed by atoms with Crippen molar-refractivity contribution in [3.8, 4) is 0 Å². The van der Waals surface area contributed by atoms with Crippen LogP contribution in [-0.4, -0.2) is 33.5 Å². The van der Waals surface area contributed by atoms with Crippen molar-refractivity contribution in [3.63, 3.8) is 0 Å². The lowest BCUT2D eigenvalue weighted by Gasteiger charge is -2.24. The Hall–Kier alpha value is -1.65. The van der Waals surface area contributed by atoms with Crippen LogP contribution in [0.1, 0.15) is 62.5 Å². The number of hydrogen-bond acceptors (Lipinski definition) is 3. The molecular weight excluding hydrogens is 352 g/mol. The fourth-order valence-corrected chi connectivity index (χ4v) is 5.07. The van der Waals surface area contributed by atoms with Crippen LogP contribution in [0, 0.1) is 17.8 Å². The maximum atomic E-state index is 10.7. The molecule has 4 nitrogen and oxygen atoms in total. The van der Waals surface area contributed by atoms with Gasteiger partial charge in [0.2, 0.25) is 0 Å². The lowest BCUT2D eigenvalue weighted by molar-refractivity contribution is -0.137. The van der Waals surface area contributed by atoms with Gasteiger partial charge in [0.25, 0.3) is 0 Å². The van der Waals surface area contributed by atoms with Crippen molar-refractivity contribution in [2.45, 2.75) is 76.4 Å². The van der Waals surface area contributed by atoms with Crippen LogP contribution in [0.15, 0.2) is 36.4 Å². The van der Waals surface area contributed by atoms with Gasteiger partial charge in [-0.1, -0.05) is 36.4 Å². The highest BCUT2D eigenvalue weighted by Gasteiger charge is 2.35. The van der Waals surface area contributed by atoms with E-state index in [1.807, 2.05) is 0 Å². The van der Waals surface area contributed by atoms with Crippen LogP contribution in [0.2, 0.25) is 0 Å². The third kappa shape index (κ3) is 5.68. The highest BCUT2D eigenvalue weighted by Crippen LogP contribution is 2.39. The van der Waals surface area contributed by atoms with E-state index in [4.69, 9.17) is 5.11 Å². The van der Waals surface area contributed by atoms with E-state index < -0.39 is 5.97 Å². The third-order valence-electron chi connectivity index (χ3n) is 6.72. The Morgan fingerprint density at radius 1 is 1.14 bits per heavy atom. The standard InChI is InChI=1S/C24H34O4/c25-22(20-15-18-8-5-6-9-19(18)16-20)14-12-21-17(11-13-23(21)26)7-3-1-2-4-10-24(27)28/h1,3,5-6,8-9,17,20-23,25-26H,2,4,7,10-16H2,(H,27,28)/b3-1-/t17-,21+,22+,23+/m0/s1. The Balaban J connectivity index is 1.42. The van der Waals surface area contributed by atoms with E-state index in [-0.39, 0.29) is 24.5 Å². The van der Waals surface area contributed by atoms with Crippen LogP contribution >= 0.6 is 0 Å². The smallest absolute Gasteiger partial charge is 0.303 e. The van der Waals surface area contributed by atoms with Crippen LogP contribution in [0.4, 0.5) is 0 Å². The second-order valence-electron chi connectivity index (χ2n) is 8.64. The number of allylic oxidation sites excluding steroid dienone is 2. The molecule has 0 radical (unpaired) electrons. The zero-order valence-corrected chi connectivity index (χ0v) is 16.7. The maximum Gasteiger partial charge on any atom is 0.303 e. The first-order valence-electron chi connectivity index (χ1n) is 10.8. The number of carboxylic acids is 1. The molecule has 0 bridgehead atoms. The number of fused-ring (bicyclic) bond motifs is 1. The van der Waals surface area contributed by atoms with Crippen molar-refractivity contribution < 1.29 is 20.1 Å². The van der Waals surface area contributed by atoms with Crippen molar-refractivity contribution in [2.24, 2.45) is 17.8 Å². The summed E-state index contributed by atoms with van der Waals surface area (Å²) in [5, 5.41) is 29.8. The van der Waals surface area contributed by atoms with Crippen molar-refractivity contribution in [2.75, 3.05) is 0 Å². The van der Waals surface area contributed by atoms with Crippen molar-refractivity contribution in [1.29, 1.82) is 0 Å². The topological polar surface area (TPSA) is 77.8 Å². The first-order valence-corrected chi connectivity index (χ1v) is 10.8. The molecular formula is C24H34O4. The zero-order valence-electron chi connectivity index (χ0n) is 16.7. The number of aliphatic carboxylic acids is 1. The van der Waals surface area contributed by atoms with Crippen LogP contribution in [0.3, 0.4) is 0 Å². The van der Waals surface area contributed by atoms with Gasteiger partial charge in [0.05, 0.1) is 12.2 Å². The van der Waals surface area contributed by atoms with Gasteiger partial charge in [0.1, 0.15) is 0 Å². The SMILES string of the molecule is O=C(O)CCC/C=C\C[C@H]1CC[C@@H](O)[C@@H]1CC[C@@H](O)C1Cc2ccccc2C1. The van der Waals surface area contributed by atoms with Crippen molar-refractivity contribution in [3.05, 3.63) is 47.5 Å². The van der Waals surface area contributed by atoms with Gasteiger partial charge in [-0.25, -0.2) is 0 Å². The zero-order chi connectivity index (χ0) is 19.9. The Bertz CT molecular complexity index is 643. The summed E-state index contributed by atoms with van der Waals surface area (Å²) in [5.74, 6) is 0.306. The lowest BCUT2D eigenvalue weighted by Crippen LogP contribution is -2.25. The normalized spacial score (nSPS) is 26.0. The molecule has 3 rings (SSSR count). The molecule has 3 N–H and O–H groups in total. The second kappa shape index (κ2) is 10.2. The Labute approximate surface area is 168 Å². The molecule has 0 saturated heterocycles. The Kier molecular flexibility index (Phi) is 7.69. The van der Waals surface area contributed by atoms with Crippen LogP contribution in [0.25, 0.3) is 0 Å². The molecule has 28 heavy (non-hydrogen) atoms. The molecule has 1 fully saturated rings. The molecule has 0 aliphatic heterocycles. The van der Waals surface area contributed by atoms with E-state index >= 15 is 0 Å². The van der Waals surface area contributed by atoms with E-state index in [0.29, 0.717) is 18.3 Å². The molecule has 0 aromatic heterocycles. The molecule has 0 spiro atoms. The summed E-state index contributed by atoms with van der Waals surface area (Å²) in [6.45, 7) is 0. The first kappa shape index (κ1) is 21.1. The van der Waals surface area contributed by atoms with Crippen LogP contribution < -0.4 is 0 Å². The number of rotatable bonds is 10. The fraction of sp³-hybridized carbons (Fsp3) is 0.625. The molecule has 4 heteroatoms. The monoisotopic (exact) mass is 386 g/mol. The second-order valence-corrected chi connectivity index (χ2v) is 8.64. The van der Waals surface area contributed by atoms with Gasteiger partial charge in [-0.05, 0) is 86.7 Å². The van der Waals surface area contributed by atoms with Gasteiger partial charge < -0.3 is 15.3 Å². The highest BCUT2D eigenvalue weighted by atomic mass is 16.4. The summed E-state index contributed by atoms with van der Waals surface area (Å²) in [6.07, 6.45) is 11.8. The summed E-state index contributed by atoms with van der Waals surface area (Å²) in [7, 11) is 0. The van der Waals surface area contributed by atoms with Crippen molar-refractivity contribution in [1.82, 2.24) is 0 Å². The fourth-order valence-electron chi connectivity index (χ4n) is 5.07. The molecule has 0 unspecified atom stereocenters. The molecule has 154 valence electrons. The average molecular weight is 387 g/mol. The Morgan fingerprint density at radius 3 is 2.54 bits per heavy atom. The number of benzene rings is 1. The maximum absolute atomic E-state index is 10.7. The van der Waals surface area contributed by atoms with E-state index in [0.717, 1.165) is 51.4 Å². The van der Waals surface area contributed by atoms with E-state index in [9.17, 15) is 15.0 Å². The molecule has 0 amide bonds. The minimum absolute atomic E-state index is 0.220. The van der Waals surface area contributed by atoms with Gasteiger partial charge in [-0.15, -0.1) is 0 Å². The number of hydrogen-bond donors (Lipinski definition) is 3. The van der Waals surface area contributed by atoms with Crippen molar-refractivity contribution >= 4 is 5.97 Å². The summed E-state index contributed by atoms with van der Waals surface area (Å²) >= 11 is 0. The van der Waals surface area contributed by atoms with Gasteiger partial charge in [0.15, 0.2) is 0 Å². The van der Waals surface area contributed by atoms with Crippen LogP contribution in [0.5, 0.6) is 0 Å². The summed E-state index contributed by atoms with van der Waals surface area (Å²) < 4.78 is 0. The number of carbonyl (C=O) groups is 1. The van der Waals surface area contributed by atoms with Gasteiger partial charge in [-0.2, -0.15) is 0 Å². The van der Waals surface area contributed by atoms with E-state index in [1.54, 1.807) is 0 Å². The lowest BCUT2D eigenvalue weighted by atomic mass is 9.85. The molecule has 1 saturated carbocycles. The summed E-state index contributed by atoms with van der Waals surface area (Å²) in [5.41, 5.74) is 2.75.